The van der Waals surface area contributed by atoms with Gasteiger partial charge in [-0.25, -0.2) is 8.42 Å². The number of rotatable bonds is 5. The van der Waals surface area contributed by atoms with Crippen molar-refractivity contribution in [3.05, 3.63) is 45.9 Å². The zero-order chi connectivity index (χ0) is 17.9. The first-order valence-corrected chi connectivity index (χ1v) is 9.32. The Kier molecular flexibility index (Phi) is 5.74. The average molecular weight is 434 g/mol. The van der Waals surface area contributed by atoms with Crippen LogP contribution in [0.15, 0.2) is 45.8 Å². The van der Waals surface area contributed by atoms with Crippen LogP contribution in [-0.2, 0) is 14.8 Å². The molecule has 0 aliphatic rings. The van der Waals surface area contributed by atoms with Gasteiger partial charge < -0.3 is 10.1 Å². The summed E-state index contributed by atoms with van der Waals surface area (Å²) in [5.41, 5.74) is 0.616. The maximum Gasteiger partial charge on any atom is 0.263 e. The maximum atomic E-state index is 12.6. The van der Waals surface area contributed by atoms with E-state index in [1.807, 2.05) is 0 Å². The third kappa shape index (κ3) is 4.40. The lowest BCUT2D eigenvalue weighted by atomic mass is 10.2. The third-order valence-corrected chi connectivity index (χ3v) is 5.29. The zero-order valence-electron chi connectivity index (χ0n) is 12.8. The molecule has 2 N–H and O–H groups in total. The molecule has 24 heavy (non-hydrogen) atoms. The molecule has 9 heteroatoms. The summed E-state index contributed by atoms with van der Waals surface area (Å²) in [4.78, 5) is 11.1. The van der Waals surface area contributed by atoms with E-state index in [0.717, 1.165) is 0 Å². The van der Waals surface area contributed by atoms with Gasteiger partial charge in [-0.3, -0.25) is 9.52 Å². The Morgan fingerprint density at radius 2 is 1.92 bits per heavy atom. The molecule has 2 aromatic carbocycles. The highest BCUT2D eigenvalue weighted by Gasteiger charge is 2.20. The van der Waals surface area contributed by atoms with Gasteiger partial charge in [0.15, 0.2) is 0 Å². The van der Waals surface area contributed by atoms with Crippen LogP contribution in [0.25, 0.3) is 0 Å². The Hall–Kier alpha value is -1.77. The molecule has 0 heterocycles. The predicted molar refractivity (Wildman–Crippen MR) is 97.3 cm³/mol. The number of sulfonamides is 1. The minimum absolute atomic E-state index is 0.0700. The molecule has 1 amide bonds. The van der Waals surface area contributed by atoms with E-state index in [9.17, 15) is 13.2 Å². The van der Waals surface area contributed by atoms with Crippen molar-refractivity contribution in [1.82, 2.24) is 0 Å². The van der Waals surface area contributed by atoms with Crippen molar-refractivity contribution in [1.29, 1.82) is 0 Å². The smallest absolute Gasteiger partial charge is 0.263 e. The largest absolute Gasteiger partial charge is 0.495 e. The van der Waals surface area contributed by atoms with Gasteiger partial charge in [0.2, 0.25) is 5.91 Å². The number of anilines is 2. The second kappa shape index (κ2) is 7.42. The van der Waals surface area contributed by atoms with Gasteiger partial charge in [0.25, 0.3) is 10.0 Å². The number of carbonyl (C=O) groups is 1. The topological polar surface area (TPSA) is 84.5 Å². The normalized spacial score (nSPS) is 11.0. The standard InChI is InChI=1S/C15H14BrClN2O4S/c1-9(20)18-11-4-5-14(23-2)13(8-11)19-24(21,22)15-6-3-10(16)7-12(15)17/h3-8,19H,1-2H3,(H,18,20). The van der Waals surface area contributed by atoms with E-state index in [0.29, 0.717) is 15.9 Å². The highest BCUT2D eigenvalue weighted by Crippen LogP contribution is 2.32. The van der Waals surface area contributed by atoms with E-state index in [1.165, 1.54) is 32.2 Å². The molecule has 0 atom stereocenters. The van der Waals surface area contributed by atoms with Crippen LogP contribution in [0.3, 0.4) is 0 Å². The summed E-state index contributed by atoms with van der Waals surface area (Å²) in [5, 5.41) is 2.66. The molecule has 0 saturated heterocycles. The van der Waals surface area contributed by atoms with Crippen LogP contribution in [-0.4, -0.2) is 21.4 Å². The quantitative estimate of drug-likeness (QED) is 0.749. The van der Waals surface area contributed by atoms with Crippen LogP contribution in [0, 0.1) is 0 Å². The average Bonchev–Trinajstić information content (AvgIpc) is 2.46. The van der Waals surface area contributed by atoms with Crippen molar-refractivity contribution in [3.63, 3.8) is 0 Å². The van der Waals surface area contributed by atoms with E-state index in [1.54, 1.807) is 18.2 Å². The number of amides is 1. The van der Waals surface area contributed by atoms with Gasteiger partial charge in [0.1, 0.15) is 10.6 Å². The first kappa shape index (κ1) is 18.6. The van der Waals surface area contributed by atoms with Crippen molar-refractivity contribution < 1.29 is 17.9 Å². The van der Waals surface area contributed by atoms with Gasteiger partial charge in [0.05, 0.1) is 17.8 Å². The number of methoxy groups -OCH3 is 1. The predicted octanol–water partition coefficient (Wildman–Crippen LogP) is 3.87. The van der Waals surface area contributed by atoms with Crippen LogP contribution >= 0.6 is 27.5 Å². The van der Waals surface area contributed by atoms with E-state index in [4.69, 9.17) is 16.3 Å². The number of hydrogen-bond donors (Lipinski definition) is 2. The van der Waals surface area contributed by atoms with Gasteiger partial charge >= 0.3 is 0 Å². The molecule has 0 aromatic heterocycles. The lowest BCUT2D eigenvalue weighted by molar-refractivity contribution is -0.114. The summed E-state index contributed by atoms with van der Waals surface area (Å²) in [6.07, 6.45) is 0. The molecule has 0 fully saturated rings. The van der Waals surface area contributed by atoms with Crippen molar-refractivity contribution in [3.8, 4) is 5.75 Å². The van der Waals surface area contributed by atoms with Gasteiger partial charge in [0, 0.05) is 17.1 Å². The number of ether oxygens (including phenoxy) is 1. The van der Waals surface area contributed by atoms with Gasteiger partial charge in [-0.1, -0.05) is 27.5 Å². The van der Waals surface area contributed by atoms with Gasteiger partial charge in [-0.05, 0) is 36.4 Å². The van der Waals surface area contributed by atoms with Gasteiger partial charge in [-0.2, -0.15) is 0 Å². The molecule has 6 nitrogen and oxygen atoms in total. The fraction of sp³-hybridized carbons (Fsp3) is 0.133. The van der Waals surface area contributed by atoms with E-state index >= 15 is 0 Å². The Morgan fingerprint density at radius 3 is 2.50 bits per heavy atom. The van der Waals surface area contributed by atoms with Crippen LogP contribution in [0.1, 0.15) is 6.92 Å². The number of hydrogen-bond acceptors (Lipinski definition) is 4. The lowest BCUT2D eigenvalue weighted by Crippen LogP contribution is -2.15. The molecule has 0 radical (unpaired) electrons. The minimum atomic E-state index is -3.93. The third-order valence-electron chi connectivity index (χ3n) is 2.95. The summed E-state index contributed by atoms with van der Waals surface area (Å²) in [7, 11) is -2.52. The molecule has 2 aromatic rings. The van der Waals surface area contributed by atoms with Crippen LogP contribution in [0.2, 0.25) is 5.02 Å². The zero-order valence-corrected chi connectivity index (χ0v) is 15.9. The molecule has 0 bridgehead atoms. The SMILES string of the molecule is COc1ccc(NC(C)=O)cc1NS(=O)(=O)c1ccc(Br)cc1Cl. The summed E-state index contributed by atoms with van der Waals surface area (Å²) in [5.74, 6) is 0.0332. The molecule has 0 saturated carbocycles. The number of benzene rings is 2. The Labute approximate surface area is 153 Å². The number of nitrogens with one attached hydrogen (secondary N) is 2. The Morgan fingerprint density at radius 1 is 1.21 bits per heavy atom. The van der Waals surface area contributed by atoms with E-state index in [-0.39, 0.29) is 21.5 Å². The second-order valence-electron chi connectivity index (χ2n) is 4.78. The summed E-state index contributed by atoms with van der Waals surface area (Å²) >= 11 is 9.24. The molecule has 2 rings (SSSR count). The lowest BCUT2D eigenvalue weighted by Gasteiger charge is -2.14. The highest BCUT2D eigenvalue weighted by atomic mass is 79.9. The molecular formula is C15H14BrClN2O4S. The monoisotopic (exact) mass is 432 g/mol. The molecule has 0 spiro atoms. The Bertz CT molecular complexity index is 887. The fourth-order valence-electron chi connectivity index (χ4n) is 1.96. The summed E-state index contributed by atoms with van der Waals surface area (Å²) in [6, 6.07) is 9.06. The highest BCUT2D eigenvalue weighted by molar-refractivity contribution is 9.10. The maximum absolute atomic E-state index is 12.6. The fourth-order valence-corrected chi connectivity index (χ4v) is 4.06. The van der Waals surface area contributed by atoms with Gasteiger partial charge in [-0.15, -0.1) is 0 Å². The molecular weight excluding hydrogens is 420 g/mol. The van der Waals surface area contributed by atoms with Crippen LogP contribution in [0.5, 0.6) is 5.75 Å². The van der Waals surface area contributed by atoms with Crippen molar-refractivity contribution >= 4 is 54.8 Å². The van der Waals surface area contributed by atoms with E-state index in [2.05, 4.69) is 26.0 Å². The number of carbonyl (C=O) groups excluding carboxylic acids is 1. The van der Waals surface area contributed by atoms with Crippen LogP contribution < -0.4 is 14.8 Å². The molecule has 0 aliphatic heterocycles. The molecule has 0 unspecified atom stereocenters. The summed E-state index contributed by atoms with van der Waals surface area (Å²) < 4.78 is 33.4. The van der Waals surface area contributed by atoms with Crippen LogP contribution in [0.4, 0.5) is 11.4 Å². The second-order valence-corrected chi connectivity index (χ2v) is 7.75. The van der Waals surface area contributed by atoms with Crippen molar-refractivity contribution in [2.75, 3.05) is 17.1 Å². The van der Waals surface area contributed by atoms with Crippen molar-refractivity contribution in [2.24, 2.45) is 0 Å². The minimum Gasteiger partial charge on any atom is -0.495 e. The van der Waals surface area contributed by atoms with E-state index < -0.39 is 10.0 Å². The molecule has 128 valence electrons. The Balaban J connectivity index is 2.42. The van der Waals surface area contributed by atoms with Crippen molar-refractivity contribution in [2.45, 2.75) is 11.8 Å². The summed E-state index contributed by atoms with van der Waals surface area (Å²) in [6.45, 7) is 1.36. The number of halogens is 2. The molecule has 0 aliphatic carbocycles. The first-order valence-electron chi connectivity index (χ1n) is 6.66. The first-order chi connectivity index (χ1) is 11.2.